The number of thiophene rings is 2. The fourth-order valence-corrected chi connectivity index (χ4v) is 5.82. The van der Waals surface area contributed by atoms with E-state index < -0.39 is 0 Å². The second-order valence-corrected chi connectivity index (χ2v) is 9.57. The highest BCUT2D eigenvalue weighted by molar-refractivity contribution is 9.13. The van der Waals surface area contributed by atoms with Crippen LogP contribution in [0.25, 0.3) is 42.2 Å². The summed E-state index contributed by atoms with van der Waals surface area (Å²) in [4.78, 5) is 33.6. The molecule has 0 saturated carbocycles. The first-order valence-electron chi connectivity index (χ1n) is 7.45. The number of nitrogens with zero attached hydrogens (tertiary/aromatic N) is 2. The Morgan fingerprint density at radius 1 is 0.731 bits per heavy atom. The van der Waals surface area contributed by atoms with Crippen LogP contribution in [-0.4, -0.2) is 22.5 Å². The number of benzene rings is 2. The van der Waals surface area contributed by atoms with E-state index in [4.69, 9.17) is 9.97 Å². The summed E-state index contributed by atoms with van der Waals surface area (Å²) >= 11 is 9.84. The molecule has 0 amide bonds. The van der Waals surface area contributed by atoms with E-state index in [1.54, 1.807) is 0 Å². The lowest BCUT2D eigenvalue weighted by molar-refractivity contribution is 0.111. The Morgan fingerprint density at radius 3 is 1.54 bits per heavy atom. The molecule has 5 aromatic rings. The molecule has 3 aromatic heterocycles. The summed E-state index contributed by atoms with van der Waals surface area (Å²) in [5.41, 5.74) is 3.01. The third kappa shape index (κ3) is 2.29. The molecule has 8 heteroatoms. The predicted octanol–water partition coefficient (Wildman–Crippen LogP) is 6.36. The summed E-state index contributed by atoms with van der Waals surface area (Å²) < 4.78 is 3.73. The van der Waals surface area contributed by atoms with E-state index >= 15 is 0 Å². The molecule has 2 aromatic carbocycles. The quantitative estimate of drug-likeness (QED) is 0.207. The number of fused-ring (bicyclic) bond motifs is 7. The van der Waals surface area contributed by atoms with Crippen LogP contribution in [0.3, 0.4) is 0 Å². The Bertz CT molecular complexity index is 1300. The van der Waals surface area contributed by atoms with Gasteiger partial charge < -0.3 is 0 Å². The highest BCUT2D eigenvalue weighted by atomic mass is 79.9. The Labute approximate surface area is 171 Å². The van der Waals surface area contributed by atoms with Gasteiger partial charge in [0.05, 0.1) is 41.2 Å². The van der Waals surface area contributed by atoms with Crippen LogP contribution in [-0.2, 0) is 0 Å². The van der Waals surface area contributed by atoms with Crippen molar-refractivity contribution in [2.24, 2.45) is 0 Å². The van der Waals surface area contributed by atoms with Crippen molar-refractivity contribution < 1.29 is 9.59 Å². The monoisotopic (exact) mass is 504 g/mol. The topological polar surface area (TPSA) is 59.9 Å². The maximum absolute atomic E-state index is 11.3. The lowest BCUT2D eigenvalue weighted by Crippen LogP contribution is -1.89. The molecule has 0 aliphatic rings. The number of halogens is 2. The first-order chi connectivity index (χ1) is 12.6. The average Bonchev–Trinajstić information content (AvgIpc) is 3.25. The average molecular weight is 506 g/mol. The van der Waals surface area contributed by atoms with Crippen LogP contribution in [0, 0.1) is 0 Å². The van der Waals surface area contributed by atoms with Crippen LogP contribution in [0.4, 0.5) is 0 Å². The van der Waals surface area contributed by atoms with Crippen LogP contribution in [0.5, 0.6) is 0 Å². The second-order valence-electron chi connectivity index (χ2n) is 5.69. The largest absolute Gasteiger partial charge is 0.297 e. The van der Waals surface area contributed by atoms with E-state index in [9.17, 15) is 9.59 Å². The summed E-state index contributed by atoms with van der Waals surface area (Å²) in [7, 11) is 0. The van der Waals surface area contributed by atoms with Gasteiger partial charge in [0.25, 0.3) is 0 Å². The molecule has 0 fully saturated rings. The van der Waals surface area contributed by atoms with Crippen LogP contribution in [0.15, 0.2) is 33.2 Å². The number of carbonyl (C=O) groups is 2. The molecule has 0 bridgehead atoms. The van der Waals surface area contributed by atoms with Gasteiger partial charge in [-0.2, -0.15) is 0 Å². The van der Waals surface area contributed by atoms with E-state index in [1.807, 2.05) is 24.3 Å². The lowest BCUT2D eigenvalue weighted by atomic mass is 10.1. The predicted molar refractivity (Wildman–Crippen MR) is 114 cm³/mol. The highest BCUT2D eigenvalue weighted by Gasteiger charge is 2.18. The van der Waals surface area contributed by atoms with Crippen molar-refractivity contribution in [1.29, 1.82) is 0 Å². The number of hydrogen-bond acceptors (Lipinski definition) is 6. The van der Waals surface area contributed by atoms with Crippen molar-refractivity contribution in [2.45, 2.75) is 0 Å². The van der Waals surface area contributed by atoms with Crippen LogP contribution >= 0.6 is 54.5 Å². The molecule has 0 spiro atoms. The van der Waals surface area contributed by atoms with Gasteiger partial charge in [0, 0.05) is 19.7 Å². The summed E-state index contributed by atoms with van der Waals surface area (Å²) in [6.07, 6.45) is 1.69. The molecule has 0 saturated heterocycles. The summed E-state index contributed by atoms with van der Waals surface area (Å²) in [5.74, 6) is 0. The normalized spacial score (nSPS) is 11.8. The third-order valence-corrected chi connectivity index (χ3v) is 8.29. The van der Waals surface area contributed by atoms with E-state index in [2.05, 4.69) is 31.9 Å². The molecular weight excluding hydrogens is 500 g/mol. The van der Waals surface area contributed by atoms with Gasteiger partial charge in [-0.15, -0.1) is 22.7 Å². The van der Waals surface area contributed by atoms with Crippen LogP contribution in [0.2, 0.25) is 0 Å². The van der Waals surface area contributed by atoms with Gasteiger partial charge in [0.1, 0.15) is 0 Å². The van der Waals surface area contributed by atoms with Gasteiger partial charge in [-0.3, -0.25) is 9.59 Å². The minimum Gasteiger partial charge on any atom is -0.297 e. The fraction of sp³-hybridized carbons (Fsp3) is 0. The van der Waals surface area contributed by atoms with E-state index in [1.165, 1.54) is 22.7 Å². The molecule has 5 rings (SSSR count). The molecule has 0 atom stereocenters. The lowest BCUT2D eigenvalue weighted by Gasteiger charge is -2.06. The number of aldehydes is 2. The van der Waals surface area contributed by atoms with E-state index in [0.717, 1.165) is 63.8 Å². The second kappa shape index (κ2) is 5.88. The molecule has 0 aliphatic carbocycles. The Kier molecular flexibility index (Phi) is 3.72. The Hall–Kier alpha value is -1.74. The van der Waals surface area contributed by atoms with Crippen molar-refractivity contribution in [3.05, 3.63) is 43.0 Å². The first-order valence-corrected chi connectivity index (χ1v) is 10.7. The SMILES string of the molecule is O=Cc1cc2c3nc4cc(Br)c(Br)cc4nc3c3cc(C=O)sc3c2s1. The Balaban J connectivity index is 2.07. The molecule has 0 aliphatic heterocycles. The molecule has 26 heavy (non-hydrogen) atoms. The van der Waals surface area contributed by atoms with E-state index in [-0.39, 0.29) is 0 Å². The van der Waals surface area contributed by atoms with Gasteiger partial charge >= 0.3 is 0 Å². The maximum Gasteiger partial charge on any atom is 0.160 e. The van der Waals surface area contributed by atoms with Crippen molar-refractivity contribution >= 4 is 109 Å². The van der Waals surface area contributed by atoms with Crippen molar-refractivity contribution in [3.8, 4) is 0 Å². The molecule has 0 N–H and O–H groups in total. The van der Waals surface area contributed by atoms with Gasteiger partial charge in [-0.25, -0.2) is 9.97 Å². The third-order valence-electron chi connectivity index (χ3n) is 4.16. The van der Waals surface area contributed by atoms with Crippen LogP contribution in [0.1, 0.15) is 19.3 Å². The maximum atomic E-state index is 11.3. The van der Waals surface area contributed by atoms with E-state index in [0.29, 0.717) is 9.75 Å². The fourth-order valence-electron chi connectivity index (χ4n) is 3.05. The van der Waals surface area contributed by atoms with Gasteiger partial charge in [0.15, 0.2) is 12.6 Å². The van der Waals surface area contributed by atoms with Crippen molar-refractivity contribution in [2.75, 3.05) is 0 Å². The number of hydrogen-bond donors (Lipinski definition) is 0. The highest BCUT2D eigenvalue weighted by Crippen LogP contribution is 2.42. The summed E-state index contributed by atoms with van der Waals surface area (Å²) in [6.45, 7) is 0. The molecule has 126 valence electrons. The van der Waals surface area contributed by atoms with Gasteiger partial charge in [-0.1, -0.05) is 0 Å². The van der Waals surface area contributed by atoms with Crippen LogP contribution < -0.4 is 0 Å². The molecule has 0 unspecified atom stereocenters. The van der Waals surface area contributed by atoms with Gasteiger partial charge in [-0.05, 0) is 56.1 Å². The zero-order chi connectivity index (χ0) is 18.0. The molecular formula is C18H6Br2N2O2S2. The summed E-state index contributed by atoms with van der Waals surface area (Å²) in [5, 5.41) is 1.79. The molecule has 0 radical (unpaired) electrons. The number of carbonyl (C=O) groups excluding carboxylic acids is 2. The summed E-state index contributed by atoms with van der Waals surface area (Å²) in [6, 6.07) is 7.53. The smallest absolute Gasteiger partial charge is 0.160 e. The first kappa shape index (κ1) is 16.4. The van der Waals surface area contributed by atoms with Gasteiger partial charge in [0.2, 0.25) is 0 Å². The zero-order valence-electron chi connectivity index (χ0n) is 12.7. The van der Waals surface area contributed by atoms with Crippen molar-refractivity contribution in [1.82, 2.24) is 9.97 Å². The molecule has 3 heterocycles. The van der Waals surface area contributed by atoms with Crippen molar-refractivity contribution in [3.63, 3.8) is 0 Å². The standard InChI is InChI=1S/C18H6Br2N2O2S2/c19-11-3-13-14(4-12(11)20)22-16-10-2-8(6-24)26-18(10)17-9(15(16)21-13)1-7(5-23)25-17/h1-6H. The minimum atomic E-state index is 0.633. The Morgan fingerprint density at radius 2 is 1.15 bits per heavy atom. The minimum absolute atomic E-state index is 0.633. The zero-order valence-corrected chi connectivity index (χ0v) is 17.6. The number of aromatic nitrogens is 2. The number of rotatable bonds is 2. The molecule has 4 nitrogen and oxygen atoms in total.